The van der Waals surface area contributed by atoms with Crippen LogP contribution in [-0.2, 0) is 4.79 Å². The summed E-state index contributed by atoms with van der Waals surface area (Å²) in [4.78, 5) is 12.7. The summed E-state index contributed by atoms with van der Waals surface area (Å²) < 4.78 is 0. The number of aliphatic carboxylic acids is 1. The highest BCUT2D eigenvalue weighted by molar-refractivity contribution is 5.69. The minimum absolute atomic E-state index is 0.276. The topological polar surface area (TPSA) is 52.6 Å². The van der Waals surface area contributed by atoms with Crippen molar-refractivity contribution in [2.24, 2.45) is 5.92 Å². The molecule has 14 heavy (non-hydrogen) atoms. The van der Waals surface area contributed by atoms with Crippen molar-refractivity contribution < 1.29 is 9.90 Å². The number of likely N-dealkylation sites (N-methyl/N-ethyl adjacent to an activating group) is 1. The zero-order chi connectivity index (χ0) is 10.6. The predicted octanol–water partition coefficient (Wildman–Crippen LogP) is 0.391. The second kappa shape index (κ2) is 5.32. The molecule has 0 saturated carbocycles. The molecule has 2 atom stereocenters. The van der Waals surface area contributed by atoms with Gasteiger partial charge in [-0.1, -0.05) is 6.92 Å². The highest BCUT2D eigenvalue weighted by Crippen LogP contribution is 2.07. The van der Waals surface area contributed by atoms with Crippen LogP contribution in [0, 0.1) is 5.92 Å². The zero-order valence-corrected chi connectivity index (χ0v) is 8.99. The lowest BCUT2D eigenvalue weighted by Crippen LogP contribution is -2.38. The van der Waals surface area contributed by atoms with Crippen LogP contribution in [-0.4, -0.2) is 48.7 Å². The largest absolute Gasteiger partial charge is 0.481 e. The van der Waals surface area contributed by atoms with Crippen molar-refractivity contribution in [2.45, 2.75) is 25.8 Å². The molecule has 1 heterocycles. The Balaban J connectivity index is 2.20. The van der Waals surface area contributed by atoms with Crippen molar-refractivity contribution >= 4 is 5.97 Å². The molecule has 1 aliphatic heterocycles. The van der Waals surface area contributed by atoms with Crippen molar-refractivity contribution in [1.29, 1.82) is 0 Å². The summed E-state index contributed by atoms with van der Waals surface area (Å²) >= 11 is 0. The third-order valence-electron chi connectivity index (χ3n) is 2.70. The third kappa shape index (κ3) is 3.64. The molecule has 0 bridgehead atoms. The van der Waals surface area contributed by atoms with Gasteiger partial charge < -0.3 is 15.3 Å². The molecule has 1 aliphatic rings. The second-order valence-electron chi connectivity index (χ2n) is 4.25. The first-order chi connectivity index (χ1) is 6.59. The molecule has 0 radical (unpaired) electrons. The number of hydrogen-bond acceptors (Lipinski definition) is 3. The van der Waals surface area contributed by atoms with Crippen LogP contribution in [0.3, 0.4) is 0 Å². The van der Waals surface area contributed by atoms with Crippen molar-refractivity contribution in [3.63, 3.8) is 0 Å². The van der Waals surface area contributed by atoms with E-state index in [0.29, 0.717) is 12.6 Å². The van der Waals surface area contributed by atoms with Crippen molar-refractivity contribution in [3.05, 3.63) is 0 Å². The molecule has 0 aromatic carbocycles. The van der Waals surface area contributed by atoms with E-state index in [9.17, 15) is 4.79 Å². The number of carbonyl (C=O) groups is 1. The SMILES string of the molecule is CC(CN(C)CC1CCCN1)C(=O)O. The maximum absolute atomic E-state index is 10.6. The Morgan fingerprint density at radius 1 is 1.71 bits per heavy atom. The van der Waals surface area contributed by atoms with Gasteiger partial charge in [0.25, 0.3) is 0 Å². The van der Waals surface area contributed by atoms with Crippen molar-refractivity contribution in [1.82, 2.24) is 10.2 Å². The first-order valence-corrected chi connectivity index (χ1v) is 5.24. The predicted molar refractivity (Wildman–Crippen MR) is 55.3 cm³/mol. The van der Waals surface area contributed by atoms with E-state index in [4.69, 9.17) is 5.11 Å². The zero-order valence-electron chi connectivity index (χ0n) is 8.99. The first-order valence-electron chi connectivity index (χ1n) is 5.24. The summed E-state index contributed by atoms with van der Waals surface area (Å²) in [6.07, 6.45) is 2.46. The van der Waals surface area contributed by atoms with Crippen molar-refractivity contribution in [2.75, 3.05) is 26.7 Å². The minimum Gasteiger partial charge on any atom is -0.481 e. The van der Waals surface area contributed by atoms with Crippen molar-refractivity contribution in [3.8, 4) is 0 Å². The molecule has 1 rings (SSSR count). The van der Waals surface area contributed by atoms with Gasteiger partial charge >= 0.3 is 5.97 Å². The van der Waals surface area contributed by atoms with E-state index in [2.05, 4.69) is 10.2 Å². The van der Waals surface area contributed by atoms with Crippen LogP contribution in [0.4, 0.5) is 0 Å². The molecule has 82 valence electrons. The molecule has 2 unspecified atom stereocenters. The fourth-order valence-electron chi connectivity index (χ4n) is 1.91. The molecule has 4 heteroatoms. The van der Waals surface area contributed by atoms with Crippen LogP contribution in [0.5, 0.6) is 0 Å². The van der Waals surface area contributed by atoms with E-state index >= 15 is 0 Å². The number of nitrogens with one attached hydrogen (secondary N) is 1. The molecule has 0 aromatic heterocycles. The van der Waals surface area contributed by atoms with E-state index in [1.807, 2.05) is 7.05 Å². The summed E-state index contributed by atoms with van der Waals surface area (Å²) in [5.41, 5.74) is 0. The van der Waals surface area contributed by atoms with E-state index in [1.54, 1.807) is 6.92 Å². The lowest BCUT2D eigenvalue weighted by atomic mass is 10.1. The van der Waals surface area contributed by atoms with Gasteiger partial charge in [-0.2, -0.15) is 0 Å². The maximum Gasteiger partial charge on any atom is 0.307 e. The van der Waals surface area contributed by atoms with Crippen LogP contribution >= 0.6 is 0 Å². The van der Waals surface area contributed by atoms with E-state index in [1.165, 1.54) is 12.8 Å². The molecule has 0 aliphatic carbocycles. The van der Waals surface area contributed by atoms with Gasteiger partial charge in [-0.05, 0) is 26.4 Å². The quantitative estimate of drug-likeness (QED) is 0.674. The number of carboxylic acid groups (broad SMARTS) is 1. The Hall–Kier alpha value is -0.610. The van der Waals surface area contributed by atoms with Gasteiger partial charge in [-0.15, -0.1) is 0 Å². The third-order valence-corrected chi connectivity index (χ3v) is 2.70. The summed E-state index contributed by atoms with van der Waals surface area (Å²) in [6.45, 7) is 4.44. The Labute approximate surface area is 85.3 Å². The van der Waals surface area contributed by atoms with E-state index < -0.39 is 5.97 Å². The maximum atomic E-state index is 10.6. The minimum atomic E-state index is -0.712. The Morgan fingerprint density at radius 3 is 2.93 bits per heavy atom. The normalized spacial score (nSPS) is 24.1. The van der Waals surface area contributed by atoms with E-state index in [-0.39, 0.29) is 5.92 Å². The van der Waals surface area contributed by atoms with Gasteiger partial charge in [0.15, 0.2) is 0 Å². The highest BCUT2D eigenvalue weighted by Gasteiger charge is 2.18. The van der Waals surface area contributed by atoms with Gasteiger partial charge in [-0.25, -0.2) is 0 Å². The fraction of sp³-hybridized carbons (Fsp3) is 0.900. The fourth-order valence-corrected chi connectivity index (χ4v) is 1.91. The van der Waals surface area contributed by atoms with Gasteiger partial charge in [0, 0.05) is 19.1 Å². The summed E-state index contributed by atoms with van der Waals surface area (Å²) in [7, 11) is 1.99. The lowest BCUT2D eigenvalue weighted by Gasteiger charge is -2.22. The van der Waals surface area contributed by atoms with Gasteiger partial charge in [0.1, 0.15) is 0 Å². The Morgan fingerprint density at radius 2 is 2.43 bits per heavy atom. The average Bonchev–Trinajstić information content (AvgIpc) is 2.56. The number of carboxylic acids is 1. The Kier molecular flexibility index (Phi) is 4.35. The van der Waals surface area contributed by atoms with Crippen LogP contribution in [0.25, 0.3) is 0 Å². The van der Waals surface area contributed by atoms with Crippen LogP contribution in [0.2, 0.25) is 0 Å². The standard InChI is InChI=1S/C10H20N2O2/c1-8(10(13)14)6-12(2)7-9-4-3-5-11-9/h8-9,11H,3-7H2,1-2H3,(H,13,14). The molecule has 2 N–H and O–H groups in total. The molecule has 0 aromatic rings. The summed E-state index contributed by atoms with van der Waals surface area (Å²) in [5.74, 6) is -0.988. The second-order valence-corrected chi connectivity index (χ2v) is 4.25. The molecule has 1 fully saturated rings. The molecular weight excluding hydrogens is 180 g/mol. The van der Waals surface area contributed by atoms with Gasteiger partial charge in [0.2, 0.25) is 0 Å². The van der Waals surface area contributed by atoms with Crippen LogP contribution in [0.1, 0.15) is 19.8 Å². The van der Waals surface area contributed by atoms with Crippen LogP contribution in [0.15, 0.2) is 0 Å². The van der Waals surface area contributed by atoms with Crippen LogP contribution < -0.4 is 5.32 Å². The number of hydrogen-bond donors (Lipinski definition) is 2. The van der Waals surface area contributed by atoms with E-state index in [0.717, 1.165) is 13.1 Å². The number of rotatable bonds is 5. The summed E-state index contributed by atoms with van der Waals surface area (Å²) in [6, 6.07) is 0.556. The lowest BCUT2D eigenvalue weighted by molar-refractivity contribution is -0.141. The smallest absolute Gasteiger partial charge is 0.307 e. The molecule has 0 amide bonds. The van der Waals surface area contributed by atoms with Gasteiger partial charge in [-0.3, -0.25) is 4.79 Å². The monoisotopic (exact) mass is 200 g/mol. The highest BCUT2D eigenvalue weighted by atomic mass is 16.4. The molecule has 4 nitrogen and oxygen atoms in total. The van der Waals surface area contributed by atoms with Gasteiger partial charge in [0.05, 0.1) is 5.92 Å². The summed E-state index contributed by atoms with van der Waals surface area (Å²) in [5, 5.41) is 12.2. The average molecular weight is 200 g/mol. The Bertz CT molecular complexity index is 191. The first kappa shape index (κ1) is 11.5. The molecular formula is C10H20N2O2. The molecule has 1 saturated heterocycles. The molecule has 0 spiro atoms. The number of nitrogens with zero attached hydrogens (tertiary/aromatic N) is 1.